The first-order chi connectivity index (χ1) is 15.9. The van der Waals surface area contributed by atoms with E-state index >= 15 is 0 Å². The maximum Gasteiger partial charge on any atom is 0.306 e. The lowest BCUT2D eigenvalue weighted by Crippen LogP contribution is -2.40. The van der Waals surface area contributed by atoms with Gasteiger partial charge in [-0.1, -0.05) is 12.1 Å². The van der Waals surface area contributed by atoms with Crippen LogP contribution in [-0.2, 0) is 16.1 Å². The van der Waals surface area contributed by atoms with Gasteiger partial charge in [0, 0.05) is 18.3 Å². The first-order valence-corrected chi connectivity index (χ1v) is 12.2. The Hall–Kier alpha value is -3.13. The molecule has 4 rings (SSSR count). The molecule has 0 atom stereocenters. The van der Waals surface area contributed by atoms with E-state index in [0.717, 1.165) is 21.5 Å². The van der Waals surface area contributed by atoms with E-state index in [0.29, 0.717) is 37.9 Å². The molecular formula is C25H29N3O4S. The summed E-state index contributed by atoms with van der Waals surface area (Å²) in [6.07, 6.45) is 2.43. The van der Waals surface area contributed by atoms with Crippen molar-refractivity contribution in [2.45, 2.75) is 52.1 Å². The minimum atomic E-state index is -0.763. The monoisotopic (exact) mass is 467 g/mol. The number of nitrogens with one attached hydrogen (secondary N) is 1. The number of rotatable bonds is 7. The molecule has 1 aliphatic rings. The molecule has 8 heteroatoms. The number of carboxylic acids is 1. The first-order valence-electron chi connectivity index (χ1n) is 11.3. The summed E-state index contributed by atoms with van der Waals surface area (Å²) < 4.78 is 2.76. The molecule has 0 unspecified atom stereocenters. The fraction of sp³-hybridized carbons (Fsp3) is 0.400. The number of hydrogen-bond donors (Lipinski definition) is 2. The topological polar surface area (TPSA) is 91.6 Å². The lowest BCUT2D eigenvalue weighted by molar-refractivity contribution is -0.142. The van der Waals surface area contributed by atoms with E-state index in [2.05, 4.69) is 5.32 Å². The second kappa shape index (κ2) is 9.79. The number of carbonyl (C=O) groups is 3. The lowest BCUT2D eigenvalue weighted by atomic mass is 9.86. The van der Waals surface area contributed by atoms with Crippen molar-refractivity contribution in [2.24, 2.45) is 5.92 Å². The van der Waals surface area contributed by atoms with E-state index in [1.807, 2.05) is 55.6 Å². The van der Waals surface area contributed by atoms with Gasteiger partial charge in [0.05, 0.1) is 16.1 Å². The number of amides is 2. The van der Waals surface area contributed by atoms with E-state index in [1.165, 1.54) is 11.3 Å². The van der Waals surface area contributed by atoms with Gasteiger partial charge in [-0.15, -0.1) is 11.3 Å². The molecule has 0 saturated heterocycles. The molecular weight excluding hydrogens is 438 g/mol. The average molecular weight is 468 g/mol. The fourth-order valence-electron chi connectivity index (χ4n) is 4.60. The number of fused-ring (bicyclic) bond motifs is 1. The molecule has 0 radical (unpaired) electrons. The van der Waals surface area contributed by atoms with Crippen molar-refractivity contribution in [1.29, 1.82) is 0 Å². The zero-order valence-electron chi connectivity index (χ0n) is 18.9. The molecule has 1 aromatic carbocycles. The van der Waals surface area contributed by atoms with Crippen molar-refractivity contribution in [2.75, 3.05) is 11.4 Å². The van der Waals surface area contributed by atoms with Crippen LogP contribution in [0.5, 0.6) is 0 Å². The van der Waals surface area contributed by atoms with Gasteiger partial charge in [-0.05, 0) is 74.7 Å². The number of carbonyl (C=O) groups excluding carboxylic acids is 2. The zero-order chi connectivity index (χ0) is 23.5. The van der Waals surface area contributed by atoms with Crippen LogP contribution in [0, 0.1) is 12.8 Å². The molecule has 2 N–H and O–H groups in total. The van der Waals surface area contributed by atoms with E-state index < -0.39 is 5.97 Å². The molecule has 1 aliphatic carbocycles. The van der Waals surface area contributed by atoms with Crippen LogP contribution in [-0.4, -0.2) is 40.0 Å². The summed E-state index contributed by atoms with van der Waals surface area (Å²) in [4.78, 5) is 39.4. The first kappa shape index (κ1) is 23.0. The van der Waals surface area contributed by atoms with E-state index in [1.54, 1.807) is 9.47 Å². The standard InChI is InChI=1S/C25H29N3O4S/c1-3-27(19-6-4-5-16(2)13-19)23(29)15-28-20-11-12-33-22(20)14-21(28)24(30)26-18-9-7-17(8-10-18)25(31)32/h4-6,11-14,17-18H,3,7-10,15H2,1-2H3,(H,26,30)(H,31,32)/t17-,18+. The number of nitrogens with zero attached hydrogens (tertiary/aromatic N) is 2. The highest BCUT2D eigenvalue weighted by Crippen LogP contribution is 2.28. The molecule has 2 aromatic heterocycles. The second-order valence-electron chi connectivity index (χ2n) is 8.62. The molecule has 1 saturated carbocycles. The van der Waals surface area contributed by atoms with Crippen LogP contribution in [0.1, 0.15) is 48.7 Å². The summed E-state index contributed by atoms with van der Waals surface area (Å²) in [5, 5.41) is 14.2. The molecule has 2 heterocycles. The number of aliphatic carboxylic acids is 1. The molecule has 0 aliphatic heterocycles. The average Bonchev–Trinajstić information content (AvgIpc) is 3.37. The van der Waals surface area contributed by atoms with Crippen LogP contribution in [0.2, 0.25) is 0 Å². The summed E-state index contributed by atoms with van der Waals surface area (Å²) >= 11 is 1.54. The molecule has 1 fully saturated rings. The summed E-state index contributed by atoms with van der Waals surface area (Å²) in [7, 11) is 0. The van der Waals surface area contributed by atoms with E-state index in [-0.39, 0.29) is 30.3 Å². The maximum absolute atomic E-state index is 13.3. The van der Waals surface area contributed by atoms with Crippen molar-refractivity contribution < 1.29 is 19.5 Å². The van der Waals surface area contributed by atoms with Gasteiger partial charge in [0.25, 0.3) is 5.91 Å². The Bertz CT molecular complexity index is 1170. The number of aryl methyl sites for hydroxylation is 1. The number of likely N-dealkylation sites (N-methyl/N-ethyl adjacent to an activating group) is 1. The number of carboxylic acid groups (broad SMARTS) is 1. The van der Waals surface area contributed by atoms with E-state index in [4.69, 9.17) is 0 Å². The predicted molar refractivity (Wildman–Crippen MR) is 130 cm³/mol. The Labute approximate surface area is 197 Å². The van der Waals surface area contributed by atoms with Gasteiger partial charge in [-0.2, -0.15) is 0 Å². The highest BCUT2D eigenvalue weighted by molar-refractivity contribution is 7.17. The Kier molecular flexibility index (Phi) is 6.83. The smallest absolute Gasteiger partial charge is 0.306 e. The zero-order valence-corrected chi connectivity index (χ0v) is 19.7. The van der Waals surface area contributed by atoms with Crippen LogP contribution in [0.4, 0.5) is 5.69 Å². The Morgan fingerprint density at radius 3 is 2.58 bits per heavy atom. The minimum absolute atomic E-state index is 0.0513. The predicted octanol–water partition coefficient (Wildman–Crippen LogP) is 4.44. The van der Waals surface area contributed by atoms with Gasteiger partial charge in [-0.3, -0.25) is 14.4 Å². The van der Waals surface area contributed by atoms with Gasteiger partial charge in [0.2, 0.25) is 5.91 Å². The normalized spacial score (nSPS) is 18.2. The SMILES string of the molecule is CCN(C(=O)Cn1c(C(=O)N[C@H]2CC[C@@H](C(=O)O)CC2)cc2sccc21)c1cccc(C)c1. The third kappa shape index (κ3) is 4.95. The molecule has 2 amide bonds. The van der Waals surface area contributed by atoms with Crippen molar-refractivity contribution in [3.63, 3.8) is 0 Å². The van der Waals surface area contributed by atoms with Gasteiger partial charge < -0.3 is 19.9 Å². The van der Waals surface area contributed by atoms with Crippen LogP contribution in [0.25, 0.3) is 10.2 Å². The van der Waals surface area contributed by atoms with Crippen LogP contribution >= 0.6 is 11.3 Å². The number of thiophene rings is 1. The Balaban J connectivity index is 1.53. The second-order valence-corrected chi connectivity index (χ2v) is 9.57. The maximum atomic E-state index is 13.3. The summed E-state index contributed by atoms with van der Waals surface area (Å²) in [5.41, 5.74) is 3.26. The third-order valence-corrected chi connectivity index (χ3v) is 7.24. The molecule has 0 bridgehead atoms. The largest absolute Gasteiger partial charge is 0.481 e. The number of benzene rings is 1. The van der Waals surface area contributed by atoms with Crippen molar-refractivity contribution >= 4 is 45.0 Å². The van der Waals surface area contributed by atoms with Crippen LogP contribution < -0.4 is 10.2 Å². The number of hydrogen-bond acceptors (Lipinski definition) is 4. The lowest BCUT2D eigenvalue weighted by Gasteiger charge is -2.27. The number of anilines is 1. The highest BCUT2D eigenvalue weighted by atomic mass is 32.1. The van der Waals surface area contributed by atoms with Crippen LogP contribution in [0.15, 0.2) is 41.8 Å². The van der Waals surface area contributed by atoms with Gasteiger partial charge in [-0.25, -0.2) is 0 Å². The van der Waals surface area contributed by atoms with Crippen LogP contribution in [0.3, 0.4) is 0 Å². The summed E-state index contributed by atoms with van der Waals surface area (Å²) in [6.45, 7) is 4.54. The minimum Gasteiger partial charge on any atom is -0.481 e. The van der Waals surface area contributed by atoms with Crippen molar-refractivity contribution in [3.05, 3.63) is 53.0 Å². The molecule has 174 valence electrons. The summed E-state index contributed by atoms with van der Waals surface area (Å²) in [6, 6.07) is 11.6. The summed E-state index contributed by atoms with van der Waals surface area (Å²) in [5.74, 6) is -1.39. The van der Waals surface area contributed by atoms with Crippen molar-refractivity contribution in [1.82, 2.24) is 9.88 Å². The van der Waals surface area contributed by atoms with Gasteiger partial charge in [0.15, 0.2) is 0 Å². The Morgan fingerprint density at radius 2 is 1.91 bits per heavy atom. The quantitative estimate of drug-likeness (QED) is 0.537. The molecule has 3 aromatic rings. The molecule has 7 nitrogen and oxygen atoms in total. The molecule has 0 spiro atoms. The van der Waals surface area contributed by atoms with Crippen molar-refractivity contribution in [3.8, 4) is 0 Å². The van der Waals surface area contributed by atoms with Gasteiger partial charge >= 0.3 is 5.97 Å². The Morgan fingerprint density at radius 1 is 1.15 bits per heavy atom. The molecule has 33 heavy (non-hydrogen) atoms. The van der Waals surface area contributed by atoms with E-state index in [9.17, 15) is 19.5 Å². The van der Waals surface area contributed by atoms with Gasteiger partial charge in [0.1, 0.15) is 12.2 Å². The highest BCUT2D eigenvalue weighted by Gasteiger charge is 2.28. The third-order valence-electron chi connectivity index (χ3n) is 6.39. The number of aromatic nitrogens is 1. The fourth-order valence-corrected chi connectivity index (χ4v) is 5.42.